The molecule has 0 spiro atoms. The van der Waals surface area contributed by atoms with Crippen LogP contribution in [-0.2, 0) is 16.1 Å². The Labute approximate surface area is 173 Å². The maximum absolute atomic E-state index is 12.4. The highest BCUT2D eigenvalue weighted by Crippen LogP contribution is 2.52. The summed E-state index contributed by atoms with van der Waals surface area (Å²) in [6.07, 6.45) is -0.773. The number of likely N-dealkylation sites (tertiary alicyclic amines) is 1. The molecule has 0 radical (unpaired) electrons. The number of hydrogen-bond donors (Lipinski definition) is 2. The fourth-order valence-corrected chi connectivity index (χ4v) is 6.46. The van der Waals surface area contributed by atoms with Gasteiger partial charge in [0.1, 0.15) is 11.5 Å². The molecule has 5 rings (SSSR count). The second kappa shape index (κ2) is 6.60. The number of amidine groups is 1. The molecule has 1 aromatic rings. The lowest BCUT2D eigenvalue weighted by atomic mass is 9.79. The number of fused-ring (bicyclic) bond motifs is 2. The van der Waals surface area contributed by atoms with Gasteiger partial charge in [0.25, 0.3) is 0 Å². The third-order valence-electron chi connectivity index (χ3n) is 6.41. The van der Waals surface area contributed by atoms with Crippen molar-refractivity contribution in [2.45, 2.75) is 37.8 Å². The minimum absolute atomic E-state index is 0.0815. The van der Waals surface area contributed by atoms with Crippen LogP contribution < -0.4 is 0 Å². The summed E-state index contributed by atoms with van der Waals surface area (Å²) in [5, 5.41) is 20.0. The van der Waals surface area contributed by atoms with Crippen molar-refractivity contribution in [2.75, 3.05) is 13.1 Å². The average molecular weight is 413 g/mol. The van der Waals surface area contributed by atoms with Gasteiger partial charge in [-0.25, -0.2) is 4.79 Å². The van der Waals surface area contributed by atoms with Gasteiger partial charge in [0, 0.05) is 34.7 Å². The first-order valence-corrected chi connectivity index (χ1v) is 10.8. The summed E-state index contributed by atoms with van der Waals surface area (Å²) in [7, 11) is 0. The highest BCUT2D eigenvalue weighted by molar-refractivity contribution is 8.03. The van der Waals surface area contributed by atoms with Crippen LogP contribution in [0.3, 0.4) is 0 Å². The summed E-state index contributed by atoms with van der Waals surface area (Å²) in [5.74, 6) is -0.916. The smallest absolute Gasteiger partial charge is 0.353 e. The van der Waals surface area contributed by atoms with Crippen LogP contribution in [0.2, 0.25) is 0 Å². The summed E-state index contributed by atoms with van der Waals surface area (Å²) in [6, 6.07) is 7.99. The fraction of sp³-hybridized carbons (Fsp3) is 0.476. The normalized spacial score (nSPS) is 29.3. The van der Waals surface area contributed by atoms with Gasteiger partial charge in [0.15, 0.2) is 0 Å². The Balaban J connectivity index is 1.31. The highest BCUT2D eigenvalue weighted by Gasteiger charge is 2.60. The predicted molar refractivity (Wildman–Crippen MR) is 109 cm³/mol. The number of carboxylic acids is 1. The summed E-state index contributed by atoms with van der Waals surface area (Å²) in [5.41, 5.74) is 2.53. The first-order valence-electron chi connectivity index (χ1n) is 9.91. The van der Waals surface area contributed by atoms with E-state index >= 15 is 0 Å². The Hall–Kier alpha value is -2.32. The SMILES string of the molecule is C[C@@H](O)[C@H]1C(=O)N2C(C(=O)O)=C(SC3CN(C4=NCc5ccccc54)C3)[C@H](C)[C@H]12. The van der Waals surface area contributed by atoms with Gasteiger partial charge in [-0.3, -0.25) is 9.79 Å². The summed E-state index contributed by atoms with van der Waals surface area (Å²) < 4.78 is 0. The van der Waals surface area contributed by atoms with Crippen LogP contribution in [0.5, 0.6) is 0 Å². The summed E-state index contributed by atoms with van der Waals surface area (Å²) >= 11 is 1.57. The van der Waals surface area contributed by atoms with E-state index in [2.05, 4.69) is 22.0 Å². The van der Waals surface area contributed by atoms with Gasteiger partial charge in [0.2, 0.25) is 5.91 Å². The number of aliphatic hydroxyl groups excluding tert-OH is 1. The molecule has 8 heteroatoms. The average Bonchev–Trinajstić information content (AvgIpc) is 3.15. The van der Waals surface area contributed by atoms with Gasteiger partial charge >= 0.3 is 5.97 Å². The molecular formula is C21H23N3O4S. The number of carbonyl (C=O) groups excluding carboxylic acids is 1. The maximum Gasteiger partial charge on any atom is 0.353 e. The van der Waals surface area contributed by atoms with Gasteiger partial charge in [0.05, 0.1) is 24.6 Å². The van der Waals surface area contributed by atoms with Crippen molar-refractivity contribution >= 4 is 29.5 Å². The number of β-lactam (4-membered cyclic amide) rings is 1. The van der Waals surface area contributed by atoms with E-state index in [1.165, 1.54) is 16.0 Å². The minimum Gasteiger partial charge on any atom is -0.477 e. The summed E-state index contributed by atoms with van der Waals surface area (Å²) in [4.78, 5) is 33.4. The number of carbonyl (C=O) groups is 2. The topological polar surface area (TPSA) is 93.4 Å². The number of carboxylic acid groups (broad SMARTS) is 1. The number of hydrogen-bond acceptors (Lipinski definition) is 6. The van der Waals surface area contributed by atoms with Crippen molar-refractivity contribution in [3.63, 3.8) is 0 Å². The van der Waals surface area contributed by atoms with Crippen molar-refractivity contribution in [2.24, 2.45) is 16.8 Å². The van der Waals surface area contributed by atoms with Gasteiger partial charge in [-0.05, 0) is 12.5 Å². The molecule has 2 fully saturated rings. The largest absolute Gasteiger partial charge is 0.477 e. The number of nitrogens with zero attached hydrogens (tertiary/aromatic N) is 3. The number of aliphatic hydroxyl groups is 1. The molecular weight excluding hydrogens is 390 g/mol. The third kappa shape index (κ3) is 2.65. The molecule has 29 heavy (non-hydrogen) atoms. The number of rotatable bonds is 4. The van der Waals surface area contributed by atoms with Gasteiger partial charge in [-0.2, -0.15) is 0 Å². The van der Waals surface area contributed by atoms with E-state index in [9.17, 15) is 19.8 Å². The number of aliphatic imine (C=N–C) groups is 1. The lowest BCUT2D eigenvalue weighted by molar-refractivity contribution is -0.163. The van der Waals surface area contributed by atoms with Crippen molar-refractivity contribution in [3.05, 3.63) is 46.0 Å². The monoisotopic (exact) mass is 413 g/mol. The Morgan fingerprint density at radius 1 is 1.31 bits per heavy atom. The van der Waals surface area contributed by atoms with E-state index in [4.69, 9.17) is 0 Å². The minimum atomic E-state index is -1.07. The molecule has 0 unspecified atom stereocenters. The van der Waals surface area contributed by atoms with Crippen molar-refractivity contribution in [3.8, 4) is 0 Å². The number of thioether (sulfide) groups is 1. The molecule has 4 atom stereocenters. The standard InChI is InChI=1S/C21H23N3O4S/c1-10-16-15(11(2)25)20(26)24(16)17(21(27)28)18(10)29-13-8-23(9-13)19-14-6-4-3-5-12(14)7-22-19/h3-6,10-11,13,15-16,25H,7-9H2,1-2H3,(H,27,28)/t10-,11-,15-,16-/m1/s1. The Kier molecular flexibility index (Phi) is 4.25. The van der Waals surface area contributed by atoms with Crippen molar-refractivity contribution in [1.29, 1.82) is 0 Å². The maximum atomic E-state index is 12.4. The number of benzene rings is 1. The zero-order valence-corrected chi connectivity index (χ0v) is 17.1. The van der Waals surface area contributed by atoms with Crippen molar-refractivity contribution < 1.29 is 19.8 Å². The molecule has 0 saturated carbocycles. The molecule has 1 amide bonds. The van der Waals surface area contributed by atoms with E-state index in [1.54, 1.807) is 18.7 Å². The van der Waals surface area contributed by atoms with Crippen LogP contribution in [0.15, 0.2) is 39.9 Å². The third-order valence-corrected chi connectivity index (χ3v) is 7.86. The van der Waals surface area contributed by atoms with E-state index < -0.39 is 18.0 Å². The molecule has 152 valence electrons. The van der Waals surface area contributed by atoms with Crippen LogP contribution in [0.4, 0.5) is 0 Å². The van der Waals surface area contributed by atoms with Crippen LogP contribution >= 0.6 is 11.8 Å². The van der Waals surface area contributed by atoms with E-state index in [1.807, 2.05) is 19.1 Å². The Morgan fingerprint density at radius 3 is 2.72 bits per heavy atom. The molecule has 1 aromatic carbocycles. The van der Waals surface area contributed by atoms with E-state index in [0.29, 0.717) is 6.54 Å². The molecule has 4 heterocycles. The first kappa shape index (κ1) is 18.7. The fourth-order valence-electron chi connectivity index (χ4n) is 4.94. The van der Waals surface area contributed by atoms with Crippen LogP contribution in [0, 0.1) is 11.8 Å². The molecule has 2 saturated heterocycles. The van der Waals surface area contributed by atoms with Crippen molar-refractivity contribution in [1.82, 2.24) is 9.80 Å². The Morgan fingerprint density at radius 2 is 2.03 bits per heavy atom. The van der Waals surface area contributed by atoms with Gasteiger partial charge < -0.3 is 20.0 Å². The second-order valence-electron chi connectivity index (χ2n) is 8.21. The van der Waals surface area contributed by atoms with Gasteiger partial charge in [-0.15, -0.1) is 11.8 Å². The van der Waals surface area contributed by atoms with Crippen LogP contribution in [0.25, 0.3) is 0 Å². The molecule has 0 aliphatic carbocycles. The van der Waals surface area contributed by atoms with E-state index in [0.717, 1.165) is 23.8 Å². The molecule has 4 aliphatic heterocycles. The number of amides is 1. The molecule has 2 N–H and O–H groups in total. The molecule has 0 aromatic heterocycles. The Bertz CT molecular complexity index is 966. The zero-order chi connectivity index (χ0) is 20.4. The predicted octanol–water partition coefficient (Wildman–Crippen LogP) is 1.52. The zero-order valence-electron chi connectivity index (χ0n) is 16.3. The first-order chi connectivity index (χ1) is 13.9. The van der Waals surface area contributed by atoms with Gasteiger partial charge in [-0.1, -0.05) is 31.2 Å². The van der Waals surface area contributed by atoms with Crippen LogP contribution in [-0.4, -0.2) is 68.2 Å². The molecule has 0 bridgehead atoms. The summed E-state index contributed by atoms with van der Waals surface area (Å²) in [6.45, 7) is 5.89. The van der Waals surface area contributed by atoms with Crippen LogP contribution in [0.1, 0.15) is 25.0 Å². The number of aliphatic carboxylic acids is 1. The highest BCUT2D eigenvalue weighted by atomic mass is 32.2. The molecule has 4 aliphatic rings. The quantitative estimate of drug-likeness (QED) is 0.727. The lowest BCUT2D eigenvalue weighted by Gasteiger charge is -2.46. The molecule has 7 nitrogen and oxygen atoms in total. The lowest BCUT2D eigenvalue weighted by Crippen LogP contribution is -2.63. The second-order valence-corrected chi connectivity index (χ2v) is 9.56. The van der Waals surface area contributed by atoms with E-state index in [-0.39, 0.29) is 28.8 Å².